The Bertz CT molecular complexity index is 150. The normalized spacial score (nSPS) is 10.8. The molecule has 0 aromatic rings. The third kappa shape index (κ3) is 6.15. The maximum Gasteiger partial charge on any atom is 0.333 e. The molecular weight excluding hydrogens is 155 g/mol. The van der Waals surface area contributed by atoms with Crippen molar-refractivity contribution in [1.82, 2.24) is 0 Å². The van der Waals surface area contributed by atoms with Crippen LogP contribution in [0, 0.1) is 0 Å². The molecule has 0 fully saturated rings. The molecule has 0 heterocycles. The van der Waals surface area contributed by atoms with Crippen LogP contribution in [0.15, 0.2) is 11.6 Å². The van der Waals surface area contributed by atoms with Crippen molar-refractivity contribution in [2.24, 2.45) is 0 Å². The van der Waals surface area contributed by atoms with Crippen LogP contribution in [-0.2, 0) is 9.53 Å². The molecule has 0 atom stereocenters. The largest absolute Gasteiger partial charge is 0.460 e. The van der Waals surface area contributed by atoms with E-state index >= 15 is 0 Å². The Morgan fingerprint density at radius 2 is 1.91 bits per heavy atom. The minimum atomic E-state index is -0.225. The first-order valence-electron chi connectivity index (χ1n) is 3.41. The summed E-state index contributed by atoms with van der Waals surface area (Å²) in [4.78, 5) is 10.9. The number of carbonyl (C=O) groups is 1. The number of ether oxygens (including phenoxy) is 1. The van der Waals surface area contributed by atoms with Gasteiger partial charge in [-0.2, -0.15) is 0 Å². The fourth-order valence-corrected chi connectivity index (χ4v) is 0.425. The van der Waals surface area contributed by atoms with Gasteiger partial charge in [0.25, 0.3) is 0 Å². The van der Waals surface area contributed by atoms with E-state index in [1.54, 1.807) is 13.0 Å². The van der Waals surface area contributed by atoms with Crippen LogP contribution in [0.3, 0.4) is 0 Å². The van der Waals surface area contributed by atoms with Gasteiger partial charge in [-0.05, 0) is 27.7 Å². The SMILES string of the molecule is CC=C(C)C(=O)OC(C)C.[AlH3]. The maximum absolute atomic E-state index is 10.9. The maximum atomic E-state index is 10.9. The lowest BCUT2D eigenvalue weighted by molar-refractivity contribution is -0.142. The average Bonchev–Trinajstić information content (AvgIpc) is 1.85. The van der Waals surface area contributed by atoms with Crippen molar-refractivity contribution in [3.63, 3.8) is 0 Å². The summed E-state index contributed by atoms with van der Waals surface area (Å²) in [6, 6.07) is 0. The van der Waals surface area contributed by atoms with Gasteiger partial charge in [0.15, 0.2) is 17.4 Å². The summed E-state index contributed by atoms with van der Waals surface area (Å²) < 4.78 is 4.90. The molecule has 64 valence electrons. The van der Waals surface area contributed by atoms with Gasteiger partial charge in [-0.25, -0.2) is 4.79 Å². The molecule has 0 amide bonds. The first-order chi connectivity index (χ1) is 4.57. The minimum Gasteiger partial charge on any atom is -0.460 e. The molecular formula is C8H17AlO2. The van der Waals surface area contributed by atoms with E-state index in [-0.39, 0.29) is 29.4 Å². The highest BCUT2D eigenvalue weighted by Gasteiger charge is 2.05. The molecule has 0 spiro atoms. The van der Waals surface area contributed by atoms with E-state index in [1.807, 2.05) is 20.8 Å². The van der Waals surface area contributed by atoms with Gasteiger partial charge in [-0.15, -0.1) is 0 Å². The van der Waals surface area contributed by atoms with E-state index in [4.69, 9.17) is 4.74 Å². The fraction of sp³-hybridized carbons (Fsp3) is 0.625. The van der Waals surface area contributed by atoms with Crippen LogP contribution in [0.5, 0.6) is 0 Å². The van der Waals surface area contributed by atoms with E-state index in [0.717, 1.165) is 0 Å². The van der Waals surface area contributed by atoms with Crippen LogP contribution in [-0.4, -0.2) is 29.4 Å². The number of esters is 1. The summed E-state index contributed by atoms with van der Waals surface area (Å²) in [7, 11) is 0. The van der Waals surface area contributed by atoms with Crippen LogP contribution in [0.4, 0.5) is 0 Å². The number of hydrogen-bond donors (Lipinski definition) is 0. The van der Waals surface area contributed by atoms with E-state index in [0.29, 0.717) is 5.57 Å². The first-order valence-corrected chi connectivity index (χ1v) is 3.41. The lowest BCUT2D eigenvalue weighted by atomic mass is 10.3. The molecule has 2 nitrogen and oxygen atoms in total. The Hall–Kier alpha value is -0.258. The predicted octanol–water partition coefficient (Wildman–Crippen LogP) is 0.720. The molecule has 3 heteroatoms. The Labute approximate surface area is 78.8 Å². The molecule has 0 aromatic carbocycles. The summed E-state index contributed by atoms with van der Waals surface area (Å²) in [6.07, 6.45) is 1.72. The molecule has 0 aliphatic heterocycles. The fourth-order valence-electron chi connectivity index (χ4n) is 0.425. The van der Waals surface area contributed by atoms with Crippen LogP contribution < -0.4 is 0 Å². The third-order valence-corrected chi connectivity index (χ3v) is 1.10. The van der Waals surface area contributed by atoms with Gasteiger partial charge in [0, 0.05) is 5.57 Å². The zero-order valence-electron chi connectivity index (χ0n) is 6.97. The Morgan fingerprint density at radius 1 is 1.45 bits per heavy atom. The molecule has 0 bridgehead atoms. The average molecular weight is 172 g/mol. The van der Waals surface area contributed by atoms with Crippen molar-refractivity contribution < 1.29 is 9.53 Å². The summed E-state index contributed by atoms with van der Waals surface area (Å²) in [5.74, 6) is -0.225. The molecule has 0 saturated heterocycles. The number of rotatable bonds is 2. The van der Waals surface area contributed by atoms with Crippen molar-refractivity contribution in [1.29, 1.82) is 0 Å². The summed E-state index contributed by atoms with van der Waals surface area (Å²) in [5.41, 5.74) is 0.661. The monoisotopic (exact) mass is 172 g/mol. The molecule has 0 aromatic heterocycles. The minimum absolute atomic E-state index is 0. The molecule has 0 rings (SSSR count). The molecule has 0 unspecified atom stereocenters. The van der Waals surface area contributed by atoms with Gasteiger partial charge in [-0.3, -0.25) is 0 Å². The summed E-state index contributed by atoms with van der Waals surface area (Å²) in [5, 5.41) is 0. The first kappa shape index (κ1) is 13.3. The van der Waals surface area contributed by atoms with Crippen LogP contribution in [0.2, 0.25) is 0 Å². The van der Waals surface area contributed by atoms with Crippen LogP contribution in [0.1, 0.15) is 27.7 Å². The van der Waals surface area contributed by atoms with Gasteiger partial charge in [0.05, 0.1) is 6.10 Å². The molecule has 0 aliphatic carbocycles. The van der Waals surface area contributed by atoms with E-state index in [2.05, 4.69) is 0 Å². The lowest BCUT2D eigenvalue weighted by Gasteiger charge is -2.06. The van der Waals surface area contributed by atoms with Crippen molar-refractivity contribution in [2.75, 3.05) is 0 Å². The summed E-state index contributed by atoms with van der Waals surface area (Å²) >= 11 is 0. The van der Waals surface area contributed by atoms with Crippen molar-refractivity contribution >= 4 is 23.3 Å². The zero-order valence-corrected chi connectivity index (χ0v) is 6.97. The van der Waals surface area contributed by atoms with Crippen molar-refractivity contribution in [2.45, 2.75) is 33.8 Å². The van der Waals surface area contributed by atoms with Crippen molar-refractivity contribution in [3.05, 3.63) is 11.6 Å². The molecule has 11 heavy (non-hydrogen) atoms. The Kier molecular flexibility index (Phi) is 7.83. The number of allylic oxidation sites excluding steroid dienone is 1. The smallest absolute Gasteiger partial charge is 0.333 e. The van der Waals surface area contributed by atoms with Crippen LogP contribution >= 0.6 is 0 Å². The number of hydrogen-bond acceptors (Lipinski definition) is 2. The Morgan fingerprint density at radius 3 is 2.18 bits per heavy atom. The highest BCUT2D eigenvalue weighted by molar-refractivity contribution is 5.87. The van der Waals surface area contributed by atoms with Crippen molar-refractivity contribution in [3.8, 4) is 0 Å². The quantitative estimate of drug-likeness (QED) is 0.348. The molecule has 0 aliphatic rings. The van der Waals surface area contributed by atoms with Gasteiger partial charge in [-0.1, -0.05) is 6.08 Å². The lowest BCUT2D eigenvalue weighted by Crippen LogP contribution is -2.11. The Balaban J connectivity index is 0. The zero-order chi connectivity index (χ0) is 8.15. The molecule has 0 N–H and O–H groups in total. The predicted molar refractivity (Wildman–Crippen MR) is 50.6 cm³/mol. The summed E-state index contributed by atoms with van der Waals surface area (Å²) in [6.45, 7) is 7.23. The molecule has 0 saturated carbocycles. The highest BCUT2D eigenvalue weighted by Crippen LogP contribution is 1.98. The van der Waals surface area contributed by atoms with Gasteiger partial charge < -0.3 is 4.74 Å². The van der Waals surface area contributed by atoms with Gasteiger partial charge >= 0.3 is 5.97 Å². The topological polar surface area (TPSA) is 26.3 Å². The van der Waals surface area contributed by atoms with E-state index < -0.39 is 0 Å². The number of carbonyl (C=O) groups excluding carboxylic acids is 1. The van der Waals surface area contributed by atoms with E-state index in [9.17, 15) is 4.79 Å². The van der Waals surface area contributed by atoms with E-state index in [1.165, 1.54) is 0 Å². The van der Waals surface area contributed by atoms with Gasteiger partial charge in [0.1, 0.15) is 0 Å². The van der Waals surface area contributed by atoms with Crippen LogP contribution in [0.25, 0.3) is 0 Å². The second-order valence-corrected chi connectivity index (χ2v) is 2.43. The highest BCUT2D eigenvalue weighted by atomic mass is 27.0. The second kappa shape index (κ2) is 6.45. The standard InChI is InChI=1S/C8H14O2.Al.3H/c1-5-7(4)8(9)10-6(2)3;;;;/h5-6H,1-4H3;;;;. The van der Waals surface area contributed by atoms with Gasteiger partial charge in [0.2, 0.25) is 0 Å². The molecule has 0 radical (unpaired) electrons. The third-order valence-electron chi connectivity index (χ3n) is 1.10. The second-order valence-electron chi connectivity index (χ2n) is 2.43.